The summed E-state index contributed by atoms with van der Waals surface area (Å²) in [7, 11) is 0. The number of carbonyl (C=O) groups excluding carboxylic acids is 2. The molecular formula is C37H33NO5. The lowest BCUT2D eigenvalue weighted by atomic mass is 9.69. The zero-order valence-electron chi connectivity index (χ0n) is 23.7. The molecule has 2 N–H and O–H groups in total. The van der Waals surface area contributed by atoms with Crippen molar-refractivity contribution >= 4 is 39.9 Å². The van der Waals surface area contributed by atoms with Gasteiger partial charge in [0.2, 0.25) is 11.8 Å². The third-order valence-electron chi connectivity index (χ3n) is 9.30. The summed E-state index contributed by atoms with van der Waals surface area (Å²) in [5, 5.41) is 22.6. The van der Waals surface area contributed by atoms with Crippen molar-refractivity contribution in [1.29, 1.82) is 0 Å². The Morgan fingerprint density at radius 2 is 1.53 bits per heavy atom. The minimum Gasteiger partial charge on any atom is -0.507 e. The van der Waals surface area contributed by atoms with Crippen LogP contribution in [0, 0.1) is 17.8 Å². The molecule has 6 heteroatoms. The van der Waals surface area contributed by atoms with Gasteiger partial charge in [0.05, 0.1) is 36.8 Å². The van der Waals surface area contributed by atoms with E-state index < -0.39 is 11.8 Å². The molecule has 0 radical (unpaired) electrons. The van der Waals surface area contributed by atoms with E-state index in [-0.39, 0.29) is 36.2 Å². The van der Waals surface area contributed by atoms with Crippen LogP contribution >= 0.6 is 0 Å². The highest BCUT2D eigenvalue weighted by Crippen LogP contribution is 2.50. The smallest absolute Gasteiger partial charge is 0.238 e. The van der Waals surface area contributed by atoms with Crippen LogP contribution in [0.1, 0.15) is 30.4 Å². The van der Waals surface area contributed by atoms with E-state index in [2.05, 4.69) is 18.2 Å². The van der Waals surface area contributed by atoms with Gasteiger partial charge in [-0.25, -0.2) is 0 Å². The molecule has 3 aliphatic rings. The second kappa shape index (κ2) is 11.3. The van der Waals surface area contributed by atoms with Gasteiger partial charge in [0.25, 0.3) is 0 Å². The SMILES string of the molecule is O=C1[C@@H]2[C@@H](CC(CO)=C3[C@@H](CC/C(=C/c4ccc(O)c5ccccc45)c4ccccc4)OC[C@@H]32)C(=O)N1c1ccccc1. The van der Waals surface area contributed by atoms with Gasteiger partial charge in [-0.05, 0) is 70.7 Å². The molecule has 6 nitrogen and oxygen atoms in total. The number of benzene rings is 4. The Morgan fingerprint density at radius 1 is 0.837 bits per heavy atom. The number of allylic oxidation sites excluding steroid dienone is 1. The Kier molecular flexibility index (Phi) is 7.17. The summed E-state index contributed by atoms with van der Waals surface area (Å²) in [6.07, 6.45) is 3.69. The number of phenols is 1. The van der Waals surface area contributed by atoms with Gasteiger partial charge in [0, 0.05) is 11.3 Å². The Labute approximate surface area is 250 Å². The molecule has 2 heterocycles. The van der Waals surface area contributed by atoms with E-state index >= 15 is 0 Å². The molecule has 2 fully saturated rings. The van der Waals surface area contributed by atoms with E-state index in [0.717, 1.165) is 38.6 Å². The third kappa shape index (κ3) is 4.77. The van der Waals surface area contributed by atoms with Crippen LogP contribution in [0.3, 0.4) is 0 Å². The number of phenolic OH excluding ortho intramolecular Hbond substituents is 1. The van der Waals surface area contributed by atoms with Crippen molar-refractivity contribution in [3.63, 3.8) is 0 Å². The van der Waals surface area contributed by atoms with E-state index in [4.69, 9.17) is 4.74 Å². The molecule has 7 rings (SSSR count). The summed E-state index contributed by atoms with van der Waals surface area (Å²) in [6.45, 7) is 0.210. The highest BCUT2D eigenvalue weighted by Gasteiger charge is 2.57. The van der Waals surface area contributed by atoms with Crippen LogP contribution in [-0.2, 0) is 14.3 Å². The molecule has 43 heavy (non-hydrogen) atoms. The molecule has 0 unspecified atom stereocenters. The van der Waals surface area contributed by atoms with Gasteiger partial charge in [-0.2, -0.15) is 0 Å². The van der Waals surface area contributed by atoms with Gasteiger partial charge in [-0.15, -0.1) is 0 Å². The first-order valence-electron chi connectivity index (χ1n) is 14.9. The first-order valence-corrected chi connectivity index (χ1v) is 14.9. The molecule has 1 aliphatic carbocycles. The molecule has 0 aromatic heterocycles. The van der Waals surface area contributed by atoms with Crippen molar-refractivity contribution in [2.75, 3.05) is 18.1 Å². The van der Waals surface area contributed by atoms with Gasteiger partial charge < -0.3 is 14.9 Å². The van der Waals surface area contributed by atoms with Gasteiger partial charge in [0.15, 0.2) is 0 Å². The number of para-hydroxylation sites is 1. The summed E-state index contributed by atoms with van der Waals surface area (Å²) in [4.78, 5) is 28.5. The fourth-order valence-corrected chi connectivity index (χ4v) is 7.31. The second-order valence-corrected chi connectivity index (χ2v) is 11.6. The number of hydrogen-bond acceptors (Lipinski definition) is 5. The highest BCUT2D eigenvalue weighted by molar-refractivity contribution is 6.22. The minimum absolute atomic E-state index is 0.150. The zero-order chi connectivity index (χ0) is 29.5. The molecule has 0 bridgehead atoms. The number of amides is 2. The van der Waals surface area contributed by atoms with Crippen LogP contribution in [0.15, 0.2) is 108 Å². The number of nitrogens with zero attached hydrogens (tertiary/aromatic N) is 1. The lowest BCUT2D eigenvalue weighted by molar-refractivity contribution is -0.122. The molecule has 0 saturated carbocycles. The second-order valence-electron chi connectivity index (χ2n) is 11.6. The molecule has 4 aromatic rings. The molecule has 216 valence electrons. The summed E-state index contributed by atoms with van der Waals surface area (Å²) in [5.41, 5.74) is 5.68. The van der Waals surface area contributed by atoms with E-state index in [9.17, 15) is 19.8 Å². The number of ether oxygens (including phenoxy) is 1. The molecule has 2 amide bonds. The molecule has 0 spiro atoms. The lowest BCUT2D eigenvalue weighted by Gasteiger charge is -2.31. The number of rotatable bonds is 7. The van der Waals surface area contributed by atoms with Gasteiger partial charge in [-0.1, -0.05) is 84.9 Å². The topological polar surface area (TPSA) is 87.1 Å². The van der Waals surface area contributed by atoms with Crippen LogP contribution in [0.5, 0.6) is 5.75 Å². The Balaban J connectivity index is 1.19. The van der Waals surface area contributed by atoms with Crippen LogP contribution < -0.4 is 4.90 Å². The molecule has 2 saturated heterocycles. The summed E-state index contributed by atoms with van der Waals surface area (Å²) >= 11 is 0. The summed E-state index contributed by atoms with van der Waals surface area (Å²) in [5.74, 6) is -1.28. The number of anilines is 1. The first kappa shape index (κ1) is 27.3. The number of hydrogen-bond donors (Lipinski definition) is 2. The van der Waals surface area contributed by atoms with Crippen molar-refractivity contribution in [3.05, 3.63) is 119 Å². The average Bonchev–Trinajstić information content (AvgIpc) is 3.58. The van der Waals surface area contributed by atoms with E-state index in [0.29, 0.717) is 31.6 Å². The standard InChI is InChI=1S/C37H33NO5/c39-21-26-20-30-35(37(42)38(36(30)41)27-11-5-2-6-12-27)31-22-43-33(34(26)31)18-16-24(23-9-3-1-4-10-23)19-25-15-17-32(40)29-14-8-7-13-28(25)29/h1-15,17,19,30-31,33,35,39-40H,16,18,20-22H2/b24-19-/t30-,31+,33-,35-/m1/s1. The minimum atomic E-state index is -0.478. The quantitative estimate of drug-likeness (QED) is 0.153. The monoisotopic (exact) mass is 571 g/mol. The van der Waals surface area contributed by atoms with Crippen LogP contribution in [0.2, 0.25) is 0 Å². The van der Waals surface area contributed by atoms with Gasteiger partial charge >= 0.3 is 0 Å². The molecule has 4 aromatic carbocycles. The van der Waals surface area contributed by atoms with E-state index in [1.807, 2.05) is 66.7 Å². The number of carbonyl (C=O) groups is 2. The number of aliphatic hydroxyl groups excluding tert-OH is 1. The fraction of sp³-hybridized carbons (Fsp3) is 0.243. The van der Waals surface area contributed by atoms with E-state index in [1.165, 1.54) is 4.90 Å². The van der Waals surface area contributed by atoms with Crippen molar-refractivity contribution in [2.45, 2.75) is 25.4 Å². The maximum Gasteiger partial charge on any atom is 0.238 e. The first-order chi connectivity index (χ1) is 21.0. The largest absolute Gasteiger partial charge is 0.507 e. The normalized spacial score (nSPS) is 23.7. The van der Waals surface area contributed by atoms with Gasteiger partial charge in [-0.3, -0.25) is 14.5 Å². The molecule has 2 aliphatic heterocycles. The predicted molar refractivity (Wildman–Crippen MR) is 167 cm³/mol. The summed E-state index contributed by atoms with van der Waals surface area (Å²) in [6, 6.07) is 30.8. The molecular weight excluding hydrogens is 538 g/mol. The van der Waals surface area contributed by atoms with Crippen molar-refractivity contribution in [2.24, 2.45) is 17.8 Å². The Morgan fingerprint density at radius 3 is 2.28 bits per heavy atom. The van der Waals surface area contributed by atoms with Crippen molar-refractivity contribution < 1.29 is 24.5 Å². The van der Waals surface area contributed by atoms with Crippen LogP contribution in [0.4, 0.5) is 5.69 Å². The maximum atomic E-state index is 13.7. The number of aromatic hydroxyl groups is 1. The Bertz CT molecular complexity index is 1760. The van der Waals surface area contributed by atoms with Crippen molar-refractivity contribution in [3.8, 4) is 5.75 Å². The lowest BCUT2D eigenvalue weighted by Crippen LogP contribution is -2.35. The number of fused-ring (bicyclic) bond motifs is 4. The van der Waals surface area contributed by atoms with E-state index in [1.54, 1.807) is 18.2 Å². The maximum absolute atomic E-state index is 13.7. The highest BCUT2D eigenvalue weighted by atomic mass is 16.5. The fourth-order valence-electron chi connectivity index (χ4n) is 7.31. The number of imide groups is 1. The third-order valence-corrected chi connectivity index (χ3v) is 9.30. The van der Waals surface area contributed by atoms with Crippen molar-refractivity contribution in [1.82, 2.24) is 0 Å². The predicted octanol–water partition coefficient (Wildman–Crippen LogP) is 6.38. The van der Waals surface area contributed by atoms with Gasteiger partial charge in [0.1, 0.15) is 5.75 Å². The summed E-state index contributed by atoms with van der Waals surface area (Å²) < 4.78 is 6.38. The van der Waals surface area contributed by atoms with Crippen LogP contribution in [0.25, 0.3) is 22.4 Å². The average molecular weight is 572 g/mol. The Hall–Kier alpha value is -4.52. The molecule has 4 atom stereocenters. The van der Waals surface area contributed by atoms with Crippen LogP contribution in [-0.4, -0.2) is 41.3 Å². The zero-order valence-corrected chi connectivity index (χ0v) is 23.7. The number of aliphatic hydroxyl groups is 1.